The van der Waals surface area contributed by atoms with E-state index in [2.05, 4.69) is 5.32 Å². The van der Waals surface area contributed by atoms with Crippen LogP contribution >= 0.6 is 0 Å². The molecule has 1 aliphatic rings. The van der Waals surface area contributed by atoms with Gasteiger partial charge in [-0.1, -0.05) is 24.3 Å². The van der Waals surface area contributed by atoms with Crippen molar-refractivity contribution in [3.05, 3.63) is 65.5 Å². The van der Waals surface area contributed by atoms with Crippen LogP contribution in [0.25, 0.3) is 0 Å². The molecule has 4 nitrogen and oxygen atoms in total. The number of carbonyl (C=O) groups excluding carboxylic acids is 2. The molecule has 0 unspecified atom stereocenters. The van der Waals surface area contributed by atoms with Crippen LogP contribution in [0, 0.1) is 11.7 Å². The highest BCUT2D eigenvalue weighted by Gasteiger charge is 2.44. The summed E-state index contributed by atoms with van der Waals surface area (Å²) in [5.41, 5.74) is -0.429. The molecule has 1 fully saturated rings. The molecule has 142 valence electrons. The zero-order valence-corrected chi connectivity index (χ0v) is 14.3. The Balaban J connectivity index is 1.87. The Hall–Kier alpha value is -2.90. The first kappa shape index (κ1) is 18.9. The zero-order valence-electron chi connectivity index (χ0n) is 14.3. The lowest BCUT2D eigenvalue weighted by Crippen LogP contribution is -2.33. The summed E-state index contributed by atoms with van der Waals surface area (Å²) in [7, 11) is 1.51. The predicted octanol–water partition coefficient (Wildman–Crippen LogP) is 3.66. The van der Waals surface area contributed by atoms with Crippen molar-refractivity contribution in [1.29, 1.82) is 0 Å². The van der Waals surface area contributed by atoms with Crippen molar-refractivity contribution >= 4 is 17.5 Å². The Morgan fingerprint density at radius 1 is 1.11 bits per heavy atom. The van der Waals surface area contributed by atoms with E-state index < -0.39 is 41.2 Å². The lowest BCUT2D eigenvalue weighted by Gasteiger charge is -2.18. The minimum atomic E-state index is -4.47. The molecule has 27 heavy (non-hydrogen) atoms. The highest BCUT2D eigenvalue weighted by molar-refractivity contribution is 6.08. The van der Waals surface area contributed by atoms with Crippen LogP contribution in [0.3, 0.4) is 0 Å². The van der Waals surface area contributed by atoms with Gasteiger partial charge in [-0.2, -0.15) is 13.2 Å². The number of halogens is 4. The molecule has 2 aromatic rings. The maximum absolute atomic E-state index is 13.8. The third kappa shape index (κ3) is 3.79. The SMILES string of the molecule is CN1C[C@H](c2ccc(C(F)(F)F)cc2)[C@@H](C(=O)Nc2ccccc2F)C1=O. The fraction of sp³-hybridized carbons (Fsp3) is 0.263. The molecule has 2 aromatic carbocycles. The molecule has 2 atom stereocenters. The van der Waals surface area contributed by atoms with E-state index >= 15 is 0 Å². The van der Waals surface area contributed by atoms with E-state index in [9.17, 15) is 27.2 Å². The van der Waals surface area contributed by atoms with Gasteiger partial charge in [-0.05, 0) is 29.8 Å². The normalized spacial score (nSPS) is 20.0. The summed E-state index contributed by atoms with van der Waals surface area (Å²) in [4.78, 5) is 26.4. The van der Waals surface area contributed by atoms with Crippen molar-refractivity contribution in [3.8, 4) is 0 Å². The van der Waals surface area contributed by atoms with E-state index in [1.165, 1.54) is 48.3 Å². The van der Waals surface area contributed by atoms with Crippen molar-refractivity contribution in [2.75, 3.05) is 18.9 Å². The Kier molecular flexibility index (Phi) is 4.91. The average molecular weight is 380 g/mol. The van der Waals surface area contributed by atoms with Crippen molar-refractivity contribution in [2.24, 2.45) is 5.92 Å². The van der Waals surface area contributed by atoms with Gasteiger partial charge in [-0.3, -0.25) is 9.59 Å². The van der Waals surface area contributed by atoms with Crippen LogP contribution in [0.2, 0.25) is 0 Å². The Bertz CT molecular complexity index is 865. The number of nitrogens with one attached hydrogen (secondary N) is 1. The van der Waals surface area contributed by atoms with E-state index in [1.54, 1.807) is 0 Å². The van der Waals surface area contributed by atoms with Crippen molar-refractivity contribution in [1.82, 2.24) is 4.90 Å². The standard InChI is InChI=1S/C19H16F4N2O2/c1-25-10-13(11-6-8-12(9-7-11)19(21,22)23)16(18(25)27)17(26)24-15-5-3-2-4-14(15)20/h2-9,13,16H,10H2,1H3,(H,24,26)/t13-,16+/m1/s1. The van der Waals surface area contributed by atoms with Gasteiger partial charge in [0.05, 0.1) is 11.3 Å². The second-order valence-electron chi connectivity index (χ2n) is 6.39. The van der Waals surface area contributed by atoms with Gasteiger partial charge in [0, 0.05) is 19.5 Å². The number of anilines is 1. The molecule has 0 radical (unpaired) electrons. The fourth-order valence-electron chi connectivity index (χ4n) is 3.19. The number of hydrogen-bond acceptors (Lipinski definition) is 2. The van der Waals surface area contributed by atoms with Gasteiger partial charge in [0.15, 0.2) is 0 Å². The number of benzene rings is 2. The topological polar surface area (TPSA) is 49.4 Å². The van der Waals surface area contributed by atoms with Gasteiger partial charge in [0.1, 0.15) is 11.7 Å². The fourth-order valence-corrected chi connectivity index (χ4v) is 3.19. The first-order valence-corrected chi connectivity index (χ1v) is 8.16. The first-order chi connectivity index (χ1) is 12.7. The number of hydrogen-bond donors (Lipinski definition) is 1. The van der Waals surface area contributed by atoms with Crippen LogP contribution < -0.4 is 5.32 Å². The number of likely N-dealkylation sites (N-methyl/N-ethyl adjacent to an activating group) is 1. The molecule has 0 aliphatic carbocycles. The molecule has 0 aromatic heterocycles. The largest absolute Gasteiger partial charge is 0.416 e. The molecule has 0 saturated carbocycles. The molecular formula is C19H16F4N2O2. The average Bonchev–Trinajstić information content (AvgIpc) is 2.91. The van der Waals surface area contributed by atoms with Gasteiger partial charge in [0.2, 0.25) is 11.8 Å². The molecule has 1 heterocycles. The van der Waals surface area contributed by atoms with Gasteiger partial charge >= 0.3 is 6.18 Å². The highest BCUT2D eigenvalue weighted by Crippen LogP contribution is 2.36. The van der Waals surface area contributed by atoms with Crippen LogP contribution in [-0.4, -0.2) is 30.3 Å². The van der Waals surface area contributed by atoms with Gasteiger partial charge in [-0.25, -0.2) is 4.39 Å². The van der Waals surface area contributed by atoms with E-state index in [4.69, 9.17) is 0 Å². The Morgan fingerprint density at radius 3 is 2.33 bits per heavy atom. The summed E-state index contributed by atoms with van der Waals surface area (Å²) in [5, 5.41) is 2.40. The number of nitrogens with zero attached hydrogens (tertiary/aromatic N) is 1. The number of para-hydroxylation sites is 1. The van der Waals surface area contributed by atoms with Crippen LogP contribution in [0.1, 0.15) is 17.0 Å². The number of likely N-dealkylation sites (tertiary alicyclic amines) is 1. The van der Waals surface area contributed by atoms with Crippen molar-refractivity contribution in [2.45, 2.75) is 12.1 Å². The van der Waals surface area contributed by atoms with Gasteiger partial charge in [-0.15, -0.1) is 0 Å². The Morgan fingerprint density at radius 2 is 1.74 bits per heavy atom. The molecule has 1 aliphatic heterocycles. The molecular weight excluding hydrogens is 364 g/mol. The summed E-state index contributed by atoms with van der Waals surface area (Å²) in [6, 6.07) is 9.91. The van der Waals surface area contributed by atoms with Crippen LogP contribution in [0.5, 0.6) is 0 Å². The summed E-state index contributed by atoms with van der Waals surface area (Å²) < 4.78 is 52.0. The van der Waals surface area contributed by atoms with Crippen LogP contribution in [-0.2, 0) is 15.8 Å². The van der Waals surface area contributed by atoms with Crippen LogP contribution in [0.4, 0.5) is 23.2 Å². The second-order valence-corrected chi connectivity index (χ2v) is 6.39. The predicted molar refractivity (Wildman–Crippen MR) is 90.3 cm³/mol. The molecule has 1 saturated heterocycles. The summed E-state index contributed by atoms with van der Waals surface area (Å²) in [6.07, 6.45) is -4.47. The zero-order chi connectivity index (χ0) is 19.8. The smallest absolute Gasteiger partial charge is 0.344 e. The first-order valence-electron chi connectivity index (χ1n) is 8.16. The number of carbonyl (C=O) groups is 2. The maximum atomic E-state index is 13.8. The van der Waals surface area contributed by atoms with Gasteiger partial charge < -0.3 is 10.2 Å². The lowest BCUT2D eigenvalue weighted by molar-refractivity contribution is -0.138. The minimum Gasteiger partial charge on any atom is -0.344 e. The lowest BCUT2D eigenvalue weighted by atomic mass is 9.87. The number of rotatable bonds is 3. The van der Waals surface area contributed by atoms with E-state index in [1.807, 2.05) is 0 Å². The minimum absolute atomic E-state index is 0.0592. The quantitative estimate of drug-likeness (QED) is 0.653. The number of amides is 2. The molecule has 2 amide bonds. The van der Waals surface area contributed by atoms with E-state index in [0.717, 1.165) is 12.1 Å². The summed E-state index contributed by atoms with van der Waals surface area (Å²) in [5.74, 6) is -3.58. The van der Waals surface area contributed by atoms with E-state index in [0.29, 0.717) is 5.56 Å². The molecule has 3 rings (SSSR count). The molecule has 1 N–H and O–H groups in total. The van der Waals surface area contributed by atoms with E-state index in [-0.39, 0.29) is 12.2 Å². The van der Waals surface area contributed by atoms with Crippen molar-refractivity contribution < 1.29 is 27.2 Å². The third-order valence-corrected chi connectivity index (χ3v) is 4.60. The molecule has 8 heteroatoms. The summed E-state index contributed by atoms with van der Waals surface area (Å²) >= 11 is 0. The number of alkyl halides is 3. The Labute approximate surface area is 152 Å². The molecule has 0 bridgehead atoms. The maximum Gasteiger partial charge on any atom is 0.416 e. The second kappa shape index (κ2) is 7.02. The van der Waals surface area contributed by atoms with Crippen molar-refractivity contribution in [3.63, 3.8) is 0 Å². The monoisotopic (exact) mass is 380 g/mol. The van der Waals surface area contributed by atoms with Crippen LogP contribution in [0.15, 0.2) is 48.5 Å². The third-order valence-electron chi connectivity index (χ3n) is 4.60. The highest BCUT2D eigenvalue weighted by atomic mass is 19.4. The molecule has 0 spiro atoms. The summed E-state index contributed by atoms with van der Waals surface area (Å²) in [6.45, 7) is 0.180. The van der Waals surface area contributed by atoms with Gasteiger partial charge in [0.25, 0.3) is 0 Å².